The van der Waals surface area contributed by atoms with Crippen LogP contribution in [0.4, 0.5) is 0 Å². The molecule has 0 spiro atoms. The Bertz CT molecular complexity index is 1150. The minimum Gasteiger partial charge on any atom is -0.0850 e. The number of hydrogen-bond acceptors (Lipinski definition) is 0. The van der Waals surface area contributed by atoms with Crippen LogP contribution in [0.15, 0.2) is 118 Å². The Morgan fingerprint density at radius 3 is 2.20 bits per heavy atom. The standard InChI is InChI=1S/C40H58/c1-31(19-13-21-33(3)25-27-37-35(5)23-15-29-39(37,7)8)17-11-12-18-32(2)20-14-22-34(4)26-28-38-36(6)24-16-30-40(38,9)10/h11-13,17-19,21-22,24-28,38H,14-16,20,23,29-30H2,1-10H3/b12-11+,19-13+,27-25+,28-26+,31-17+,32-18+,33-21+,34-22-/t38-/m0/s1. The maximum atomic E-state index is 2.43. The highest BCUT2D eigenvalue weighted by molar-refractivity contribution is 5.37. The smallest absolute Gasteiger partial charge is 0.00285 e. The van der Waals surface area contributed by atoms with E-state index in [1.165, 1.54) is 65.5 Å². The van der Waals surface area contributed by atoms with Crippen molar-refractivity contribution in [3.8, 4) is 0 Å². The van der Waals surface area contributed by atoms with Gasteiger partial charge in [-0.1, -0.05) is 140 Å². The van der Waals surface area contributed by atoms with E-state index < -0.39 is 0 Å². The van der Waals surface area contributed by atoms with E-state index in [0.29, 0.717) is 16.7 Å². The molecule has 0 unspecified atom stereocenters. The molecular weight excluding hydrogens is 480 g/mol. The molecule has 0 fully saturated rings. The second-order valence-corrected chi connectivity index (χ2v) is 13.6. The van der Waals surface area contributed by atoms with E-state index in [1.54, 1.807) is 5.57 Å². The van der Waals surface area contributed by atoms with Gasteiger partial charge in [-0.25, -0.2) is 0 Å². The Morgan fingerprint density at radius 1 is 0.825 bits per heavy atom. The molecule has 0 amide bonds. The molecule has 2 aliphatic rings. The molecule has 0 heterocycles. The van der Waals surface area contributed by atoms with Crippen molar-refractivity contribution in [1.29, 1.82) is 0 Å². The Balaban J connectivity index is 1.82. The highest BCUT2D eigenvalue weighted by Gasteiger charge is 2.30. The maximum absolute atomic E-state index is 2.43. The summed E-state index contributed by atoms with van der Waals surface area (Å²) >= 11 is 0. The van der Waals surface area contributed by atoms with Crippen molar-refractivity contribution < 1.29 is 0 Å². The van der Waals surface area contributed by atoms with Gasteiger partial charge in [0.15, 0.2) is 0 Å². The molecule has 0 saturated carbocycles. The highest BCUT2D eigenvalue weighted by atomic mass is 14.3. The summed E-state index contributed by atoms with van der Waals surface area (Å²) in [5, 5.41) is 0. The summed E-state index contributed by atoms with van der Waals surface area (Å²) < 4.78 is 0. The Labute approximate surface area is 248 Å². The van der Waals surface area contributed by atoms with Gasteiger partial charge in [-0.05, 0) is 103 Å². The van der Waals surface area contributed by atoms with Gasteiger partial charge in [0, 0.05) is 5.92 Å². The van der Waals surface area contributed by atoms with Gasteiger partial charge in [0.05, 0.1) is 0 Å². The lowest BCUT2D eigenvalue weighted by molar-refractivity contribution is 0.255. The van der Waals surface area contributed by atoms with E-state index in [-0.39, 0.29) is 0 Å². The Hall–Kier alpha value is -2.60. The molecule has 218 valence electrons. The molecule has 0 aromatic carbocycles. The monoisotopic (exact) mass is 538 g/mol. The zero-order valence-corrected chi connectivity index (χ0v) is 27.5. The zero-order chi connectivity index (χ0) is 29.8. The third-order valence-electron chi connectivity index (χ3n) is 8.77. The van der Waals surface area contributed by atoms with Crippen LogP contribution in [0.5, 0.6) is 0 Å². The molecule has 1 atom stereocenters. The van der Waals surface area contributed by atoms with E-state index >= 15 is 0 Å². The molecular formula is C40H58. The van der Waals surface area contributed by atoms with Crippen LogP contribution in [-0.2, 0) is 0 Å². The van der Waals surface area contributed by atoms with E-state index in [4.69, 9.17) is 0 Å². The summed E-state index contributed by atoms with van der Waals surface area (Å²) in [5.74, 6) is 0.556. The number of hydrogen-bond donors (Lipinski definition) is 0. The zero-order valence-electron chi connectivity index (χ0n) is 27.5. The van der Waals surface area contributed by atoms with Crippen LogP contribution in [0.2, 0.25) is 0 Å². The lowest BCUT2D eigenvalue weighted by atomic mass is 9.68. The van der Waals surface area contributed by atoms with E-state index in [2.05, 4.69) is 148 Å². The van der Waals surface area contributed by atoms with Gasteiger partial charge in [0.2, 0.25) is 0 Å². The fourth-order valence-electron chi connectivity index (χ4n) is 6.02. The highest BCUT2D eigenvalue weighted by Crippen LogP contribution is 2.42. The van der Waals surface area contributed by atoms with Crippen molar-refractivity contribution in [2.45, 2.75) is 114 Å². The summed E-state index contributed by atoms with van der Waals surface area (Å²) in [6, 6.07) is 0. The van der Waals surface area contributed by atoms with Crippen molar-refractivity contribution in [2.75, 3.05) is 0 Å². The normalized spacial score (nSPS) is 23.4. The van der Waals surface area contributed by atoms with Gasteiger partial charge in [-0.15, -0.1) is 0 Å². The van der Waals surface area contributed by atoms with Gasteiger partial charge in [0.25, 0.3) is 0 Å². The summed E-state index contributed by atoms with van der Waals surface area (Å²) in [6.07, 6.45) is 37.9. The molecule has 0 aromatic rings. The van der Waals surface area contributed by atoms with Crippen LogP contribution in [0.3, 0.4) is 0 Å². The van der Waals surface area contributed by atoms with Crippen molar-refractivity contribution in [3.63, 3.8) is 0 Å². The molecule has 2 aliphatic carbocycles. The van der Waals surface area contributed by atoms with E-state index in [1.807, 2.05) is 0 Å². The first kappa shape index (κ1) is 33.6. The van der Waals surface area contributed by atoms with Crippen LogP contribution in [0.25, 0.3) is 0 Å². The molecule has 0 aliphatic heterocycles. The third-order valence-corrected chi connectivity index (χ3v) is 8.77. The summed E-state index contributed by atoms with van der Waals surface area (Å²) in [7, 11) is 0. The first-order chi connectivity index (χ1) is 18.8. The van der Waals surface area contributed by atoms with Crippen molar-refractivity contribution >= 4 is 0 Å². The molecule has 2 rings (SSSR count). The largest absolute Gasteiger partial charge is 0.0850 e. The predicted octanol–water partition coefficient (Wildman–Crippen LogP) is 12.7. The molecule has 0 saturated heterocycles. The maximum Gasteiger partial charge on any atom is 0.00285 e. The van der Waals surface area contributed by atoms with Crippen LogP contribution in [-0.4, -0.2) is 0 Å². The first-order valence-corrected chi connectivity index (χ1v) is 15.6. The van der Waals surface area contributed by atoms with Gasteiger partial charge in [-0.2, -0.15) is 0 Å². The fraction of sp³-hybridized carbons (Fsp3) is 0.500. The predicted molar refractivity (Wildman–Crippen MR) is 181 cm³/mol. The lowest BCUT2D eigenvalue weighted by Crippen LogP contribution is -2.26. The lowest BCUT2D eigenvalue weighted by Gasteiger charge is -2.36. The summed E-state index contributed by atoms with van der Waals surface area (Å²) in [5.41, 5.74) is 10.6. The van der Waals surface area contributed by atoms with Gasteiger partial charge in [-0.3, -0.25) is 0 Å². The summed E-state index contributed by atoms with van der Waals surface area (Å²) in [6.45, 7) is 22.9. The quantitative estimate of drug-likeness (QED) is 0.181. The average Bonchev–Trinajstić information content (AvgIpc) is 2.85. The second-order valence-electron chi connectivity index (χ2n) is 13.6. The van der Waals surface area contributed by atoms with Crippen LogP contribution in [0.1, 0.15) is 114 Å². The topological polar surface area (TPSA) is 0 Å². The Morgan fingerprint density at radius 2 is 1.50 bits per heavy atom. The van der Waals surface area contributed by atoms with Crippen molar-refractivity contribution in [3.05, 3.63) is 118 Å². The van der Waals surface area contributed by atoms with E-state index in [9.17, 15) is 0 Å². The van der Waals surface area contributed by atoms with Gasteiger partial charge in [0.1, 0.15) is 0 Å². The molecule has 0 N–H and O–H groups in total. The van der Waals surface area contributed by atoms with Crippen molar-refractivity contribution in [1.82, 2.24) is 0 Å². The molecule has 0 heteroatoms. The fourth-order valence-corrected chi connectivity index (χ4v) is 6.02. The number of allylic oxidation sites excluding steroid dienone is 20. The van der Waals surface area contributed by atoms with Crippen LogP contribution < -0.4 is 0 Å². The molecule has 0 radical (unpaired) electrons. The average molecular weight is 539 g/mol. The van der Waals surface area contributed by atoms with Crippen LogP contribution in [0, 0.1) is 16.7 Å². The minimum atomic E-state index is 0.295. The molecule has 0 aromatic heterocycles. The molecule has 0 bridgehead atoms. The van der Waals surface area contributed by atoms with Crippen LogP contribution >= 0.6 is 0 Å². The first-order valence-electron chi connectivity index (χ1n) is 15.6. The third kappa shape index (κ3) is 11.5. The summed E-state index contributed by atoms with van der Waals surface area (Å²) in [4.78, 5) is 0. The van der Waals surface area contributed by atoms with Gasteiger partial charge < -0.3 is 0 Å². The van der Waals surface area contributed by atoms with Gasteiger partial charge >= 0.3 is 0 Å². The Kier molecular flexibility index (Phi) is 13.4. The molecule has 0 nitrogen and oxygen atoms in total. The second kappa shape index (κ2) is 16.0. The minimum absolute atomic E-state index is 0.295. The SMILES string of the molecule is CC1=CCCC(C)(C)[C@H]1/C=C/C(C)=C\CC/C(C)=C/C=C/C=C(C)/C=C/C=C(C)/C=C/C1=C(C)CCCC1(C)C. The van der Waals surface area contributed by atoms with Crippen molar-refractivity contribution in [2.24, 2.45) is 16.7 Å². The molecule has 40 heavy (non-hydrogen) atoms. The van der Waals surface area contributed by atoms with E-state index in [0.717, 1.165) is 12.8 Å². The number of rotatable bonds is 11.